The molecule has 104 valence electrons. The Morgan fingerprint density at radius 3 is 2.37 bits per heavy atom. The molecule has 1 heterocycles. The van der Waals surface area contributed by atoms with Crippen LogP contribution in [-0.4, -0.2) is 39.0 Å². The van der Waals surface area contributed by atoms with Gasteiger partial charge in [0.05, 0.1) is 4.90 Å². The molecule has 0 atom stereocenters. The smallest absolute Gasteiger partial charge is 0.317 e. The molecule has 3 N–H and O–H groups in total. The maximum atomic E-state index is 11.5. The van der Waals surface area contributed by atoms with E-state index in [1.807, 2.05) is 0 Å². The lowest BCUT2D eigenvalue weighted by Gasteiger charge is -2.30. The van der Waals surface area contributed by atoms with Crippen molar-refractivity contribution in [2.24, 2.45) is 5.14 Å². The molecule has 1 aromatic carbocycles. The normalized spacial score (nSPS) is 14.9. The van der Waals surface area contributed by atoms with E-state index < -0.39 is 10.0 Å². The third kappa shape index (κ3) is 3.68. The van der Waals surface area contributed by atoms with Crippen molar-refractivity contribution in [3.63, 3.8) is 0 Å². The highest BCUT2D eigenvalue weighted by atomic mass is 32.2. The van der Waals surface area contributed by atoms with Crippen molar-refractivity contribution in [2.75, 3.05) is 19.6 Å². The second-order valence-electron chi connectivity index (χ2n) is 4.51. The molecule has 19 heavy (non-hydrogen) atoms. The second-order valence-corrected chi connectivity index (χ2v) is 6.07. The number of primary sulfonamides is 1. The largest absolute Gasteiger partial charge is 0.338 e. The van der Waals surface area contributed by atoms with Crippen molar-refractivity contribution in [3.05, 3.63) is 29.8 Å². The molecular weight excluding hydrogens is 266 g/mol. The Hall–Kier alpha value is -1.60. The van der Waals surface area contributed by atoms with Gasteiger partial charge in [0.2, 0.25) is 10.0 Å². The lowest BCUT2D eigenvalue weighted by molar-refractivity contribution is 0.168. The van der Waals surface area contributed by atoms with Gasteiger partial charge in [-0.1, -0.05) is 12.1 Å². The minimum atomic E-state index is -3.64. The van der Waals surface area contributed by atoms with Crippen LogP contribution in [0.25, 0.3) is 0 Å². The first kappa shape index (κ1) is 13.8. The van der Waals surface area contributed by atoms with E-state index in [2.05, 4.69) is 5.32 Å². The van der Waals surface area contributed by atoms with Crippen molar-refractivity contribution < 1.29 is 13.2 Å². The number of sulfonamides is 1. The number of carbonyl (C=O) groups is 1. The van der Waals surface area contributed by atoms with Gasteiger partial charge in [-0.05, 0) is 30.5 Å². The average Bonchev–Trinajstić information content (AvgIpc) is 2.26. The third-order valence-electron chi connectivity index (χ3n) is 3.09. The summed E-state index contributed by atoms with van der Waals surface area (Å²) in [6.45, 7) is 2.19. The number of nitrogens with one attached hydrogen (secondary N) is 1. The number of carbonyl (C=O) groups excluding carboxylic acids is 1. The maximum absolute atomic E-state index is 11.5. The number of nitrogens with two attached hydrogens (primary N) is 1. The van der Waals surface area contributed by atoms with E-state index in [4.69, 9.17) is 5.14 Å². The van der Waals surface area contributed by atoms with Gasteiger partial charge < -0.3 is 10.2 Å². The summed E-state index contributed by atoms with van der Waals surface area (Å²) in [5, 5.41) is 7.83. The standard InChI is InChI=1S/C12H17N3O3S/c13-19(17,18)11-4-2-10(3-5-11)6-7-14-12(16)15-8-1-9-15/h2-5H,1,6-9H2,(H,14,16)(H2,13,17,18). The molecule has 1 aliphatic heterocycles. The van der Waals surface area contributed by atoms with Crippen LogP contribution in [-0.2, 0) is 16.4 Å². The zero-order valence-electron chi connectivity index (χ0n) is 10.5. The quantitative estimate of drug-likeness (QED) is 0.832. The highest BCUT2D eigenvalue weighted by Crippen LogP contribution is 2.09. The molecular formula is C12H17N3O3S. The zero-order valence-corrected chi connectivity index (χ0v) is 11.3. The zero-order chi connectivity index (χ0) is 13.9. The monoisotopic (exact) mass is 283 g/mol. The minimum absolute atomic E-state index is 0.0348. The van der Waals surface area contributed by atoms with Gasteiger partial charge in [0.25, 0.3) is 0 Å². The fourth-order valence-electron chi connectivity index (χ4n) is 1.79. The molecule has 1 saturated heterocycles. The van der Waals surface area contributed by atoms with Gasteiger partial charge in [-0.15, -0.1) is 0 Å². The molecule has 1 aromatic rings. The molecule has 0 radical (unpaired) electrons. The van der Waals surface area contributed by atoms with Crippen molar-refractivity contribution in [1.82, 2.24) is 10.2 Å². The van der Waals surface area contributed by atoms with E-state index in [0.717, 1.165) is 25.1 Å². The number of likely N-dealkylation sites (tertiary alicyclic amines) is 1. The lowest BCUT2D eigenvalue weighted by atomic mass is 10.1. The van der Waals surface area contributed by atoms with E-state index in [-0.39, 0.29) is 10.9 Å². The summed E-state index contributed by atoms with van der Waals surface area (Å²) < 4.78 is 22.2. The summed E-state index contributed by atoms with van der Waals surface area (Å²) in [5.74, 6) is 0. The number of hydrogen-bond donors (Lipinski definition) is 2. The van der Waals surface area contributed by atoms with Gasteiger partial charge in [-0.3, -0.25) is 0 Å². The summed E-state index contributed by atoms with van der Waals surface area (Å²) in [6, 6.07) is 6.32. The second kappa shape index (κ2) is 5.58. The van der Waals surface area contributed by atoms with Crippen LogP contribution in [0.2, 0.25) is 0 Å². The molecule has 2 amide bonds. The number of rotatable bonds is 4. The van der Waals surface area contributed by atoms with Gasteiger partial charge in [-0.2, -0.15) is 0 Å². The van der Waals surface area contributed by atoms with Gasteiger partial charge in [0, 0.05) is 19.6 Å². The van der Waals surface area contributed by atoms with Crippen LogP contribution in [0.15, 0.2) is 29.2 Å². The minimum Gasteiger partial charge on any atom is -0.338 e. The molecule has 0 aliphatic carbocycles. The van der Waals surface area contributed by atoms with E-state index in [9.17, 15) is 13.2 Å². The molecule has 6 nitrogen and oxygen atoms in total. The molecule has 1 fully saturated rings. The summed E-state index contributed by atoms with van der Waals surface area (Å²) in [4.78, 5) is 13.4. The fraction of sp³-hybridized carbons (Fsp3) is 0.417. The molecule has 0 unspecified atom stereocenters. The Labute approximate surface area is 112 Å². The van der Waals surface area contributed by atoms with Crippen LogP contribution in [0.3, 0.4) is 0 Å². The number of hydrogen-bond acceptors (Lipinski definition) is 3. The predicted octanol–water partition coefficient (Wildman–Crippen LogP) is 0.292. The summed E-state index contributed by atoms with van der Waals surface area (Å²) in [5.41, 5.74) is 0.955. The molecule has 0 saturated carbocycles. The van der Waals surface area contributed by atoms with Gasteiger partial charge in [-0.25, -0.2) is 18.4 Å². The Morgan fingerprint density at radius 1 is 1.26 bits per heavy atom. The van der Waals surface area contributed by atoms with E-state index in [0.29, 0.717) is 13.0 Å². The molecule has 0 spiro atoms. The Bertz CT molecular complexity index is 550. The van der Waals surface area contributed by atoms with Crippen molar-refractivity contribution in [2.45, 2.75) is 17.7 Å². The Balaban J connectivity index is 1.81. The number of nitrogens with zero attached hydrogens (tertiary/aromatic N) is 1. The SMILES string of the molecule is NS(=O)(=O)c1ccc(CCNC(=O)N2CCC2)cc1. The molecule has 7 heteroatoms. The van der Waals surface area contributed by atoms with E-state index >= 15 is 0 Å². The van der Waals surface area contributed by atoms with Crippen LogP contribution >= 0.6 is 0 Å². The van der Waals surface area contributed by atoms with Crippen LogP contribution in [0.5, 0.6) is 0 Å². The molecule has 2 rings (SSSR count). The first-order chi connectivity index (χ1) is 8.97. The van der Waals surface area contributed by atoms with Gasteiger partial charge in [0.1, 0.15) is 0 Å². The highest BCUT2D eigenvalue weighted by Gasteiger charge is 2.19. The maximum Gasteiger partial charge on any atom is 0.317 e. The lowest BCUT2D eigenvalue weighted by Crippen LogP contribution is -2.48. The third-order valence-corrected chi connectivity index (χ3v) is 4.01. The molecule has 1 aliphatic rings. The first-order valence-corrected chi connectivity index (χ1v) is 7.66. The number of amides is 2. The Kier molecular flexibility index (Phi) is 4.06. The Morgan fingerprint density at radius 2 is 1.89 bits per heavy atom. The summed E-state index contributed by atoms with van der Waals surface area (Å²) in [7, 11) is -3.64. The first-order valence-electron chi connectivity index (χ1n) is 6.11. The topological polar surface area (TPSA) is 92.5 Å². The highest BCUT2D eigenvalue weighted by molar-refractivity contribution is 7.89. The fourth-order valence-corrected chi connectivity index (χ4v) is 2.31. The van der Waals surface area contributed by atoms with Gasteiger partial charge in [0.15, 0.2) is 0 Å². The molecule has 0 aromatic heterocycles. The predicted molar refractivity (Wildman–Crippen MR) is 71.1 cm³/mol. The average molecular weight is 283 g/mol. The van der Waals surface area contributed by atoms with E-state index in [1.54, 1.807) is 17.0 Å². The number of benzene rings is 1. The van der Waals surface area contributed by atoms with Crippen LogP contribution in [0.4, 0.5) is 4.79 Å². The molecule has 0 bridgehead atoms. The van der Waals surface area contributed by atoms with E-state index in [1.165, 1.54) is 12.1 Å². The van der Waals surface area contributed by atoms with Crippen molar-refractivity contribution in [1.29, 1.82) is 0 Å². The summed E-state index contributed by atoms with van der Waals surface area (Å²) in [6.07, 6.45) is 1.73. The van der Waals surface area contributed by atoms with Crippen LogP contribution in [0, 0.1) is 0 Å². The van der Waals surface area contributed by atoms with Crippen molar-refractivity contribution in [3.8, 4) is 0 Å². The number of urea groups is 1. The van der Waals surface area contributed by atoms with Crippen LogP contribution < -0.4 is 10.5 Å². The van der Waals surface area contributed by atoms with Crippen molar-refractivity contribution >= 4 is 16.1 Å². The summed E-state index contributed by atoms with van der Waals surface area (Å²) >= 11 is 0. The van der Waals surface area contributed by atoms with Gasteiger partial charge >= 0.3 is 6.03 Å². The van der Waals surface area contributed by atoms with Crippen LogP contribution in [0.1, 0.15) is 12.0 Å².